The third-order valence-electron chi connectivity index (χ3n) is 6.84. The van der Waals surface area contributed by atoms with Gasteiger partial charge in [-0.2, -0.15) is 0 Å². The van der Waals surface area contributed by atoms with Crippen LogP contribution >= 0.6 is 0 Å². The summed E-state index contributed by atoms with van der Waals surface area (Å²) in [6, 6.07) is 33.4. The van der Waals surface area contributed by atoms with E-state index in [0.29, 0.717) is 16.7 Å². The number of hydrogen-bond donors (Lipinski definition) is 5. The second-order valence-corrected chi connectivity index (χ2v) is 11.4. The van der Waals surface area contributed by atoms with Gasteiger partial charge in [-0.3, -0.25) is 0 Å². The number of aromatic hydroxyl groups is 5. The lowest BCUT2D eigenvalue weighted by Crippen LogP contribution is -2.20. The molecular formula is C37H38O7Si. The molecule has 0 bridgehead atoms. The molecule has 2 radical (unpaired) electrons. The number of phenolic OH excluding ortho intramolecular Hbond substituents is 5. The van der Waals surface area contributed by atoms with E-state index in [1.165, 1.54) is 7.11 Å². The molecule has 0 aromatic heterocycles. The molecule has 0 spiro atoms. The Hall–Kier alpha value is -5.34. The van der Waals surface area contributed by atoms with Gasteiger partial charge in [-0.15, -0.1) is 6.58 Å². The molecular weight excluding hydrogens is 584 g/mol. The first-order chi connectivity index (χ1) is 21.5. The van der Waals surface area contributed by atoms with Gasteiger partial charge in [0.25, 0.3) is 0 Å². The van der Waals surface area contributed by atoms with Crippen molar-refractivity contribution in [2.45, 2.75) is 25.7 Å². The largest absolute Gasteiger partial charge is 0.533 e. The summed E-state index contributed by atoms with van der Waals surface area (Å²) in [4.78, 5) is 0. The summed E-state index contributed by atoms with van der Waals surface area (Å²) in [7, 11) is 1.50. The van der Waals surface area contributed by atoms with Crippen LogP contribution in [0.2, 0.25) is 0 Å². The van der Waals surface area contributed by atoms with Crippen molar-refractivity contribution in [3.05, 3.63) is 145 Å². The third-order valence-corrected chi connectivity index (χ3v) is 7.81. The van der Waals surface area contributed by atoms with E-state index in [2.05, 4.69) is 20.4 Å². The summed E-state index contributed by atoms with van der Waals surface area (Å²) < 4.78 is 10.4. The van der Waals surface area contributed by atoms with E-state index in [9.17, 15) is 25.5 Å². The highest BCUT2D eigenvalue weighted by atomic mass is 28.2. The maximum atomic E-state index is 9.52. The lowest BCUT2D eigenvalue weighted by atomic mass is 9.78. The van der Waals surface area contributed by atoms with Gasteiger partial charge in [0.2, 0.25) is 0 Å². The van der Waals surface area contributed by atoms with Crippen LogP contribution in [0.1, 0.15) is 30.5 Å². The molecule has 5 aromatic rings. The van der Waals surface area contributed by atoms with Crippen LogP contribution in [0.3, 0.4) is 0 Å². The molecule has 0 saturated carbocycles. The summed E-state index contributed by atoms with van der Waals surface area (Å²) in [6.07, 6.45) is 2.60. The van der Waals surface area contributed by atoms with Gasteiger partial charge in [-0.05, 0) is 77.7 Å². The number of allylic oxidation sites excluding steroid dienone is 1. The fourth-order valence-corrected chi connectivity index (χ4v) is 4.90. The maximum absolute atomic E-state index is 9.52. The van der Waals surface area contributed by atoms with Crippen molar-refractivity contribution in [1.82, 2.24) is 0 Å². The molecule has 0 saturated heterocycles. The molecule has 7 nitrogen and oxygen atoms in total. The Kier molecular flexibility index (Phi) is 12.5. The predicted octanol–water partition coefficient (Wildman–Crippen LogP) is 6.97. The van der Waals surface area contributed by atoms with Gasteiger partial charge in [0, 0.05) is 10.6 Å². The first-order valence-electron chi connectivity index (χ1n) is 14.1. The Bertz CT molecular complexity index is 1560. The quantitative estimate of drug-likeness (QED) is 0.0936. The topological polar surface area (TPSA) is 120 Å². The van der Waals surface area contributed by atoms with Crippen LogP contribution in [0.4, 0.5) is 0 Å². The Morgan fingerprint density at radius 2 is 1.16 bits per heavy atom. The van der Waals surface area contributed by atoms with Crippen LogP contribution in [-0.4, -0.2) is 42.4 Å². The molecule has 0 amide bonds. The molecule has 45 heavy (non-hydrogen) atoms. The second kappa shape index (κ2) is 16.5. The maximum Gasteiger partial charge on any atom is 0.355 e. The number of ether oxygens (including phenoxy) is 1. The van der Waals surface area contributed by atoms with E-state index < -0.39 is 0 Å². The number of methoxy groups -OCH3 is 1. The van der Waals surface area contributed by atoms with E-state index in [4.69, 9.17) is 9.16 Å². The van der Waals surface area contributed by atoms with Crippen LogP contribution in [-0.2, 0) is 11.8 Å². The number of hydrogen-bond acceptors (Lipinski definition) is 7. The van der Waals surface area contributed by atoms with Gasteiger partial charge in [0.1, 0.15) is 23.0 Å². The van der Waals surface area contributed by atoms with Gasteiger partial charge < -0.3 is 34.7 Å². The zero-order valence-corrected chi connectivity index (χ0v) is 26.5. The Labute approximate surface area is 266 Å². The summed E-state index contributed by atoms with van der Waals surface area (Å²) in [5, 5.41) is 47.6. The normalized spacial score (nSPS) is 10.4. The number of para-hydroxylation sites is 3. The first kappa shape index (κ1) is 34.2. The summed E-state index contributed by atoms with van der Waals surface area (Å²) in [5.74, 6) is 1.95. The van der Waals surface area contributed by atoms with Crippen LogP contribution < -0.4 is 14.3 Å². The van der Waals surface area contributed by atoms with E-state index in [1.807, 2.05) is 42.5 Å². The Morgan fingerprint density at radius 3 is 1.67 bits per heavy atom. The molecule has 5 N–H and O–H groups in total. The molecule has 8 heteroatoms. The van der Waals surface area contributed by atoms with Crippen molar-refractivity contribution < 1.29 is 34.7 Å². The SMILES string of the molecule is C=CCc1ccc(O)c(OC)c1.CC(C)(c1ccc(O)cc1)c1ccc(O)cc1.Oc1ccccc1O[Si]c1ccccc1O. The fraction of sp³-hybridized carbons (Fsp3) is 0.135. The summed E-state index contributed by atoms with van der Waals surface area (Å²) >= 11 is 0. The fourth-order valence-electron chi connectivity index (χ4n) is 4.15. The van der Waals surface area contributed by atoms with Crippen molar-refractivity contribution in [2.24, 2.45) is 0 Å². The minimum Gasteiger partial charge on any atom is -0.533 e. The molecule has 0 heterocycles. The molecule has 0 unspecified atom stereocenters. The van der Waals surface area contributed by atoms with Gasteiger partial charge in [0.15, 0.2) is 17.2 Å². The highest BCUT2D eigenvalue weighted by molar-refractivity contribution is 6.49. The van der Waals surface area contributed by atoms with E-state index in [0.717, 1.165) is 23.1 Å². The van der Waals surface area contributed by atoms with Crippen LogP contribution in [0.25, 0.3) is 0 Å². The molecule has 5 aromatic carbocycles. The lowest BCUT2D eigenvalue weighted by Gasteiger charge is -2.26. The van der Waals surface area contributed by atoms with E-state index >= 15 is 0 Å². The smallest absolute Gasteiger partial charge is 0.355 e. The highest BCUT2D eigenvalue weighted by Crippen LogP contribution is 2.33. The predicted molar refractivity (Wildman–Crippen MR) is 179 cm³/mol. The van der Waals surface area contributed by atoms with Crippen LogP contribution in [0.5, 0.6) is 40.2 Å². The number of benzene rings is 5. The van der Waals surface area contributed by atoms with E-state index in [1.54, 1.807) is 78.9 Å². The van der Waals surface area contributed by atoms with Gasteiger partial charge >= 0.3 is 9.76 Å². The minimum absolute atomic E-state index is 0.0329. The zero-order chi connectivity index (χ0) is 32.8. The standard InChI is InChI=1S/C15H16O2.C12H10O3Si.C10H12O2/c1-15(2,11-3-7-13(16)8-4-11)12-5-9-14(17)10-6-12;13-9-5-1-3-7-11(9)15-16-12-8-4-2-6-10(12)14;1-3-4-8-5-6-9(11)10(7-8)12-2/h3-10,16-17H,1-2H3;1-8,13-14H;3,5-7,11H,1,4H2,2H3. The lowest BCUT2D eigenvalue weighted by molar-refractivity contribution is 0.373. The Morgan fingerprint density at radius 1 is 0.644 bits per heavy atom. The van der Waals surface area contributed by atoms with Crippen molar-refractivity contribution >= 4 is 14.9 Å². The van der Waals surface area contributed by atoms with Gasteiger partial charge in [-0.1, -0.05) is 80.6 Å². The second-order valence-electron chi connectivity index (χ2n) is 10.4. The van der Waals surface area contributed by atoms with Crippen molar-refractivity contribution in [3.8, 4) is 40.2 Å². The van der Waals surface area contributed by atoms with Crippen LogP contribution in [0.15, 0.2) is 128 Å². The average Bonchev–Trinajstić information content (AvgIpc) is 3.03. The molecule has 0 aliphatic heterocycles. The number of phenols is 5. The molecule has 232 valence electrons. The summed E-state index contributed by atoms with van der Waals surface area (Å²) in [6.45, 7) is 7.86. The van der Waals surface area contributed by atoms with Crippen molar-refractivity contribution in [2.75, 3.05) is 7.11 Å². The monoisotopic (exact) mass is 622 g/mol. The molecule has 0 fully saturated rings. The molecule has 0 aliphatic carbocycles. The van der Waals surface area contributed by atoms with Gasteiger partial charge in [0.05, 0.1) is 7.11 Å². The molecule has 5 rings (SSSR count). The van der Waals surface area contributed by atoms with E-state index in [-0.39, 0.29) is 43.9 Å². The summed E-state index contributed by atoms with van der Waals surface area (Å²) in [5.41, 5.74) is 3.18. The van der Waals surface area contributed by atoms with Crippen molar-refractivity contribution in [1.29, 1.82) is 0 Å². The first-order valence-corrected chi connectivity index (χ1v) is 15.0. The minimum atomic E-state index is -0.151. The van der Waals surface area contributed by atoms with Gasteiger partial charge in [-0.25, -0.2) is 0 Å². The Balaban J connectivity index is 0.000000187. The molecule has 0 atom stereocenters. The molecule has 0 aliphatic rings. The third kappa shape index (κ3) is 10.1. The highest BCUT2D eigenvalue weighted by Gasteiger charge is 2.22. The number of rotatable bonds is 8. The average molecular weight is 623 g/mol. The zero-order valence-electron chi connectivity index (χ0n) is 25.5. The van der Waals surface area contributed by atoms with Crippen LogP contribution in [0, 0.1) is 0 Å². The van der Waals surface area contributed by atoms with Crippen molar-refractivity contribution in [3.63, 3.8) is 0 Å².